The second-order valence-corrected chi connectivity index (χ2v) is 3.77. The number of aromatic nitrogens is 3. The molecule has 0 saturated heterocycles. The minimum absolute atomic E-state index is 0.200. The first kappa shape index (κ1) is 12.4. The van der Waals surface area contributed by atoms with Crippen LogP contribution in [0.2, 0.25) is 6.82 Å². The van der Waals surface area contributed by atoms with Crippen molar-refractivity contribution in [3.8, 4) is 0 Å². The van der Waals surface area contributed by atoms with Gasteiger partial charge in [0.2, 0.25) is 0 Å². The van der Waals surface area contributed by atoms with Gasteiger partial charge in [-0.1, -0.05) is 13.7 Å². The van der Waals surface area contributed by atoms with Crippen molar-refractivity contribution in [3.05, 3.63) is 17.6 Å². The van der Waals surface area contributed by atoms with E-state index in [1.165, 1.54) is 7.11 Å². The summed E-state index contributed by atoms with van der Waals surface area (Å²) in [5.74, 6) is -0.240. The quantitative estimate of drug-likeness (QED) is 0.609. The van der Waals surface area contributed by atoms with Gasteiger partial charge in [-0.05, 0) is 6.42 Å². The van der Waals surface area contributed by atoms with Gasteiger partial charge < -0.3 is 14.9 Å². The molecule has 0 aliphatic rings. The lowest BCUT2D eigenvalue weighted by molar-refractivity contribution is 0.0597. The van der Waals surface area contributed by atoms with Crippen LogP contribution in [-0.4, -0.2) is 34.7 Å². The highest BCUT2D eigenvalue weighted by atomic mass is 16.5. The van der Waals surface area contributed by atoms with Gasteiger partial charge in [0, 0.05) is 11.9 Å². The molecule has 2 N–H and O–H groups in total. The molecule has 1 radical (unpaired) electrons. The van der Waals surface area contributed by atoms with Gasteiger partial charge >= 0.3 is 5.97 Å². The highest BCUT2D eigenvalue weighted by molar-refractivity contribution is 6.50. The zero-order valence-corrected chi connectivity index (χ0v) is 10.6. The highest BCUT2D eigenvalue weighted by Crippen LogP contribution is 2.17. The first-order valence-electron chi connectivity index (χ1n) is 5.67. The van der Waals surface area contributed by atoms with Gasteiger partial charge in [-0.15, -0.1) is 0 Å². The lowest BCUT2D eigenvalue weighted by Crippen LogP contribution is -2.22. The van der Waals surface area contributed by atoms with E-state index in [1.54, 1.807) is 6.20 Å². The molecule has 2 aromatic rings. The summed E-state index contributed by atoms with van der Waals surface area (Å²) in [6.07, 6.45) is 2.46. The topological polar surface area (TPSA) is 82.5 Å². The maximum atomic E-state index is 11.7. The Morgan fingerprint density at radius 1 is 1.61 bits per heavy atom. The zero-order valence-electron chi connectivity index (χ0n) is 10.6. The summed E-state index contributed by atoms with van der Waals surface area (Å²) in [6.45, 7) is 3.86. The molecule has 0 bridgehead atoms. The van der Waals surface area contributed by atoms with Crippen molar-refractivity contribution >= 4 is 30.3 Å². The molecule has 0 unspecified atom stereocenters. The monoisotopic (exact) mass is 245 g/mol. The number of rotatable bonds is 3. The van der Waals surface area contributed by atoms with E-state index in [0.717, 1.165) is 12.1 Å². The van der Waals surface area contributed by atoms with Crippen LogP contribution in [0.5, 0.6) is 0 Å². The van der Waals surface area contributed by atoms with Crippen LogP contribution >= 0.6 is 0 Å². The number of nitrogens with two attached hydrogens (primary N) is 1. The molecular weight excluding hydrogens is 231 g/mol. The summed E-state index contributed by atoms with van der Waals surface area (Å²) in [6, 6.07) is 0. The fourth-order valence-electron chi connectivity index (χ4n) is 1.91. The summed E-state index contributed by atoms with van der Waals surface area (Å²) < 4.78 is 6.56. The Morgan fingerprint density at radius 3 is 2.89 bits per heavy atom. The molecule has 0 aliphatic heterocycles. The molecule has 18 heavy (non-hydrogen) atoms. The Morgan fingerprint density at radius 2 is 2.33 bits per heavy atom. The number of nitrogen functional groups attached to an aromatic ring is 1. The summed E-state index contributed by atoms with van der Waals surface area (Å²) >= 11 is 0. The second-order valence-electron chi connectivity index (χ2n) is 3.77. The molecule has 0 fully saturated rings. The number of anilines is 1. The van der Waals surface area contributed by atoms with Gasteiger partial charge in [-0.3, -0.25) is 0 Å². The van der Waals surface area contributed by atoms with E-state index in [4.69, 9.17) is 10.5 Å². The van der Waals surface area contributed by atoms with E-state index in [9.17, 15) is 4.79 Å². The summed E-state index contributed by atoms with van der Waals surface area (Å²) in [5, 5.41) is 0. The Bertz CT molecular complexity index is 609. The maximum absolute atomic E-state index is 11.7. The largest absolute Gasteiger partial charge is 0.464 e. The van der Waals surface area contributed by atoms with Crippen molar-refractivity contribution in [2.75, 3.05) is 12.8 Å². The Balaban J connectivity index is 2.86. The van der Waals surface area contributed by atoms with Gasteiger partial charge in [-0.25, -0.2) is 14.8 Å². The molecule has 0 amide bonds. The predicted molar refractivity (Wildman–Crippen MR) is 69.4 cm³/mol. The van der Waals surface area contributed by atoms with Crippen molar-refractivity contribution in [1.82, 2.24) is 14.4 Å². The smallest absolute Gasteiger partial charge is 0.359 e. The molecular formula is C11H14BN4O2. The number of esters is 1. The van der Waals surface area contributed by atoms with E-state index in [1.807, 2.05) is 25.4 Å². The van der Waals surface area contributed by atoms with Crippen molar-refractivity contribution in [2.24, 2.45) is 0 Å². The third-order valence-electron chi connectivity index (χ3n) is 2.79. The number of nitrogens with zero attached hydrogens (tertiary/aromatic N) is 3. The minimum atomic E-state index is -0.512. The Labute approximate surface area is 105 Å². The fourth-order valence-corrected chi connectivity index (χ4v) is 1.91. The fraction of sp³-hybridized carbons (Fsp3) is 0.364. The molecule has 0 atom stereocenters. The maximum Gasteiger partial charge on any atom is 0.359 e. The standard InChI is InChI=1S/C11H14BN4O2/c1-4-6-5-14-9(13)8-7(10(17)18-3)15-11(12-2)16(6)8/h5H,4H2,1-3H3,(H2,13,14). The lowest BCUT2D eigenvalue weighted by atomic mass is 9.81. The molecule has 2 heterocycles. The molecule has 0 spiro atoms. The van der Waals surface area contributed by atoms with Crippen LogP contribution in [0.15, 0.2) is 6.20 Å². The number of hydrogen-bond donors (Lipinski definition) is 1. The molecule has 2 aromatic heterocycles. The number of carbonyl (C=O) groups is 1. The van der Waals surface area contributed by atoms with Gasteiger partial charge in [-0.2, -0.15) is 0 Å². The van der Waals surface area contributed by atoms with Gasteiger partial charge in [0.1, 0.15) is 11.3 Å². The normalized spacial score (nSPS) is 10.6. The number of imidazole rings is 1. The number of ether oxygens (including phenoxy) is 1. The van der Waals surface area contributed by atoms with Gasteiger partial charge in [0.05, 0.1) is 12.8 Å². The number of aryl methyl sites for hydroxylation is 1. The average Bonchev–Trinajstić information content (AvgIpc) is 2.79. The van der Waals surface area contributed by atoms with Gasteiger partial charge in [0.25, 0.3) is 0 Å². The first-order chi connectivity index (χ1) is 8.63. The van der Waals surface area contributed by atoms with Crippen LogP contribution in [0.25, 0.3) is 5.52 Å². The summed E-state index contributed by atoms with van der Waals surface area (Å²) in [4.78, 5) is 20.1. The zero-order chi connectivity index (χ0) is 13.3. The third-order valence-corrected chi connectivity index (χ3v) is 2.79. The van der Waals surface area contributed by atoms with Gasteiger partial charge in [0.15, 0.2) is 13.0 Å². The van der Waals surface area contributed by atoms with Crippen LogP contribution in [-0.2, 0) is 11.2 Å². The van der Waals surface area contributed by atoms with E-state index in [-0.39, 0.29) is 11.5 Å². The first-order valence-corrected chi connectivity index (χ1v) is 5.67. The number of methoxy groups -OCH3 is 1. The van der Waals surface area contributed by atoms with E-state index in [2.05, 4.69) is 9.97 Å². The van der Waals surface area contributed by atoms with Crippen LogP contribution in [0.1, 0.15) is 23.1 Å². The number of hydrogen-bond acceptors (Lipinski definition) is 5. The van der Waals surface area contributed by atoms with Crippen molar-refractivity contribution in [2.45, 2.75) is 20.2 Å². The Hall–Kier alpha value is -2.05. The van der Waals surface area contributed by atoms with Crippen LogP contribution in [0.4, 0.5) is 5.82 Å². The Kier molecular flexibility index (Phi) is 3.22. The van der Waals surface area contributed by atoms with E-state index >= 15 is 0 Å². The SMILES string of the molecule is C[B]c1nc(C(=O)OC)c2c(N)ncc(CC)n12. The molecule has 0 aliphatic carbocycles. The van der Waals surface area contributed by atoms with Crippen molar-refractivity contribution in [1.29, 1.82) is 0 Å². The molecule has 0 saturated carbocycles. The van der Waals surface area contributed by atoms with E-state index < -0.39 is 5.97 Å². The summed E-state index contributed by atoms with van der Waals surface area (Å²) in [5.41, 5.74) is 8.16. The van der Waals surface area contributed by atoms with Crippen LogP contribution < -0.4 is 11.5 Å². The van der Waals surface area contributed by atoms with Crippen molar-refractivity contribution < 1.29 is 9.53 Å². The molecule has 2 rings (SSSR count). The predicted octanol–water partition coefficient (Wildman–Crippen LogP) is 0.0381. The van der Waals surface area contributed by atoms with Crippen LogP contribution in [0.3, 0.4) is 0 Å². The lowest BCUT2D eigenvalue weighted by Gasteiger charge is -2.07. The second kappa shape index (κ2) is 4.68. The molecule has 7 heteroatoms. The average molecular weight is 245 g/mol. The van der Waals surface area contributed by atoms with Crippen molar-refractivity contribution in [3.63, 3.8) is 0 Å². The third kappa shape index (κ3) is 1.71. The molecule has 93 valence electrons. The van der Waals surface area contributed by atoms with Crippen LogP contribution in [0, 0.1) is 0 Å². The number of fused-ring (bicyclic) bond motifs is 1. The summed E-state index contributed by atoms with van der Waals surface area (Å²) in [7, 11) is 3.13. The highest BCUT2D eigenvalue weighted by Gasteiger charge is 2.21. The molecule has 6 nitrogen and oxygen atoms in total. The minimum Gasteiger partial charge on any atom is -0.464 e. The van der Waals surface area contributed by atoms with E-state index in [0.29, 0.717) is 11.2 Å². The number of carbonyl (C=O) groups excluding carboxylic acids is 1. The molecule has 0 aromatic carbocycles.